The molecule has 2 nitrogen and oxygen atoms in total. The molecule has 2 aromatic carbocycles. The van der Waals surface area contributed by atoms with Crippen molar-refractivity contribution in [2.45, 2.75) is 13.8 Å². The summed E-state index contributed by atoms with van der Waals surface area (Å²) in [7, 11) is 0. The first-order valence-electron chi connectivity index (χ1n) is 5.39. The molecule has 2 aromatic rings. The molecule has 0 unspecified atom stereocenters. The van der Waals surface area contributed by atoms with Gasteiger partial charge in [-0.25, -0.2) is 0 Å². The smallest absolute Gasteiger partial charge is 0.160 e. The van der Waals surface area contributed by atoms with Crippen molar-refractivity contribution in [3.8, 4) is 5.75 Å². The third kappa shape index (κ3) is 1.78. The molecule has 2 heteroatoms. The molecule has 0 aliphatic rings. The maximum absolute atomic E-state index is 11.5. The highest BCUT2D eigenvalue weighted by Crippen LogP contribution is 2.28. The van der Waals surface area contributed by atoms with Crippen molar-refractivity contribution in [3.63, 3.8) is 0 Å². The van der Waals surface area contributed by atoms with E-state index < -0.39 is 0 Å². The fourth-order valence-corrected chi connectivity index (χ4v) is 1.86. The maximum Gasteiger partial charge on any atom is 0.160 e. The van der Waals surface area contributed by atoms with Gasteiger partial charge < -0.3 is 4.74 Å². The summed E-state index contributed by atoms with van der Waals surface area (Å²) in [5.74, 6) is 0.919. The Labute approximate surface area is 94.8 Å². The van der Waals surface area contributed by atoms with Gasteiger partial charge in [0.1, 0.15) is 5.75 Å². The van der Waals surface area contributed by atoms with Crippen LogP contribution >= 0.6 is 0 Å². The minimum atomic E-state index is 0.0826. The molecule has 0 N–H and O–H groups in total. The van der Waals surface area contributed by atoms with Gasteiger partial charge in [0.2, 0.25) is 0 Å². The van der Waals surface area contributed by atoms with Gasteiger partial charge in [-0.3, -0.25) is 4.79 Å². The molecule has 0 atom stereocenters. The molecule has 0 aliphatic carbocycles. The van der Waals surface area contributed by atoms with Gasteiger partial charge in [0.15, 0.2) is 5.78 Å². The topological polar surface area (TPSA) is 26.3 Å². The second kappa shape index (κ2) is 4.35. The Morgan fingerprint density at radius 1 is 1.12 bits per heavy atom. The summed E-state index contributed by atoms with van der Waals surface area (Å²) in [6.07, 6.45) is 0. The number of Topliss-reactive ketones (excluding diaryl/α,β-unsaturated/α-hetero) is 1. The van der Waals surface area contributed by atoms with Gasteiger partial charge in [-0.2, -0.15) is 0 Å². The molecule has 16 heavy (non-hydrogen) atoms. The Morgan fingerprint density at radius 3 is 2.44 bits per heavy atom. The Bertz CT molecular complexity index is 529. The van der Waals surface area contributed by atoms with E-state index in [9.17, 15) is 4.79 Å². The van der Waals surface area contributed by atoms with Crippen LogP contribution < -0.4 is 4.74 Å². The minimum absolute atomic E-state index is 0.0826. The van der Waals surface area contributed by atoms with Crippen LogP contribution in [0.2, 0.25) is 0 Å². The highest BCUT2D eigenvalue weighted by molar-refractivity contribution is 6.08. The van der Waals surface area contributed by atoms with E-state index in [0.29, 0.717) is 6.61 Å². The number of ketones is 1. The summed E-state index contributed by atoms with van der Waals surface area (Å²) < 4.78 is 5.54. The molecule has 0 amide bonds. The number of ether oxygens (including phenoxy) is 1. The third-order valence-electron chi connectivity index (χ3n) is 2.56. The van der Waals surface area contributed by atoms with E-state index in [-0.39, 0.29) is 5.78 Å². The number of benzene rings is 2. The number of hydrogen-bond donors (Lipinski definition) is 0. The van der Waals surface area contributed by atoms with Crippen molar-refractivity contribution in [1.29, 1.82) is 0 Å². The first-order chi connectivity index (χ1) is 7.74. The van der Waals surface area contributed by atoms with Gasteiger partial charge in [0.25, 0.3) is 0 Å². The summed E-state index contributed by atoms with van der Waals surface area (Å²) in [6, 6.07) is 11.5. The monoisotopic (exact) mass is 214 g/mol. The molecule has 0 aliphatic heterocycles. The standard InChI is InChI=1S/C14H14O2/c1-3-16-14-9-8-11(10(2)15)12-6-4-5-7-13(12)14/h4-9H,3H2,1-2H3. The fraction of sp³-hybridized carbons (Fsp3) is 0.214. The number of fused-ring (bicyclic) bond motifs is 1. The molecule has 0 saturated heterocycles. The fourth-order valence-electron chi connectivity index (χ4n) is 1.86. The highest BCUT2D eigenvalue weighted by atomic mass is 16.5. The molecule has 0 fully saturated rings. The Kier molecular flexibility index (Phi) is 2.91. The van der Waals surface area contributed by atoms with Crippen LogP contribution in [0, 0.1) is 0 Å². The lowest BCUT2D eigenvalue weighted by Gasteiger charge is -2.09. The Balaban J connectivity index is 2.71. The molecule has 0 aromatic heterocycles. The van der Waals surface area contributed by atoms with Crippen molar-refractivity contribution in [2.75, 3.05) is 6.61 Å². The molecular formula is C14H14O2. The van der Waals surface area contributed by atoms with Crippen LogP contribution in [0.25, 0.3) is 10.8 Å². The van der Waals surface area contributed by atoms with Gasteiger partial charge in [0, 0.05) is 10.9 Å². The van der Waals surface area contributed by atoms with Crippen molar-refractivity contribution in [3.05, 3.63) is 42.0 Å². The zero-order chi connectivity index (χ0) is 11.5. The van der Waals surface area contributed by atoms with Gasteiger partial charge >= 0.3 is 0 Å². The van der Waals surface area contributed by atoms with E-state index in [1.54, 1.807) is 6.92 Å². The lowest BCUT2D eigenvalue weighted by molar-refractivity contribution is 0.101. The van der Waals surface area contributed by atoms with Crippen molar-refractivity contribution >= 4 is 16.6 Å². The molecule has 2 rings (SSSR count). The van der Waals surface area contributed by atoms with Gasteiger partial charge in [-0.05, 0) is 31.4 Å². The molecule has 0 heterocycles. The minimum Gasteiger partial charge on any atom is -0.493 e. The predicted octanol–water partition coefficient (Wildman–Crippen LogP) is 3.44. The normalized spacial score (nSPS) is 10.4. The van der Waals surface area contributed by atoms with Gasteiger partial charge in [-0.15, -0.1) is 0 Å². The van der Waals surface area contributed by atoms with Crippen molar-refractivity contribution in [1.82, 2.24) is 0 Å². The molecule has 0 radical (unpaired) electrons. The first kappa shape index (κ1) is 10.7. The quantitative estimate of drug-likeness (QED) is 0.731. The number of rotatable bonds is 3. The van der Waals surface area contributed by atoms with E-state index in [1.165, 1.54) is 0 Å². The van der Waals surface area contributed by atoms with Crippen molar-refractivity contribution < 1.29 is 9.53 Å². The van der Waals surface area contributed by atoms with Crippen LogP contribution in [0.5, 0.6) is 5.75 Å². The second-order valence-corrected chi connectivity index (χ2v) is 3.65. The summed E-state index contributed by atoms with van der Waals surface area (Å²) in [6.45, 7) is 4.17. The Morgan fingerprint density at radius 2 is 1.81 bits per heavy atom. The first-order valence-corrected chi connectivity index (χ1v) is 5.39. The van der Waals surface area contributed by atoms with Gasteiger partial charge in [-0.1, -0.05) is 24.3 Å². The summed E-state index contributed by atoms with van der Waals surface area (Å²) in [5.41, 5.74) is 0.749. The van der Waals surface area contributed by atoms with E-state index in [0.717, 1.165) is 22.1 Å². The molecule has 0 saturated carbocycles. The van der Waals surface area contributed by atoms with Crippen LogP contribution in [-0.4, -0.2) is 12.4 Å². The van der Waals surface area contributed by atoms with Crippen LogP contribution in [0.4, 0.5) is 0 Å². The number of carbonyl (C=O) groups excluding carboxylic acids is 1. The molecule has 0 spiro atoms. The predicted molar refractivity (Wildman–Crippen MR) is 65.1 cm³/mol. The van der Waals surface area contributed by atoms with Crippen LogP contribution in [-0.2, 0) is 0 Å². The van der Waals surface area contributed by atoms with Gasteiger partial charge in [0.05, 0.1) is 6.61 Å². The van der Waals surface area contributed by atoms with Crippen molar-refractivity contribution in [2.24, 2.45) is 0 Å². The van der Waals surface area contributed by atoms with E-state index in [1.807, 2.05) is 43.3 Å². The third-order valence-corrected chi connectivity index (χ3v) is 2.56. The van der Waals surface area contributed by atoms with E-state index in [2.05, 4.69) is 0 Å². The highest BCUT2D eigenvalue weighted by Gasteiger charge is 2.08. The SMILES string of the molecule is CCOc1ccc(C(C)=O)c2ccccc12. The zero-order valence-corrected chi connectivity index (χ0v) is 9.49. The number of hydrogen-bond acceptors (Lipinski definition) is 2. The number of carbonyl (C=O) groups is 1. The summed E-state index contributed by atoms with van der Waals surface area (Å²) >= 11 is 0. The second-order valence-electron chi connectivity index (χ2n) is 3.65. The van der Waals surface area contributed by atoms with Crippen LogP contribution in [0.3, 0.4) is 0 Å². The van der Waals surface area contributed by atoms with E-state index in [4.69, 9.17) is 4.74 Å². The molecule has 82 valence electrons. The zero-order valence-electron chi connectivity index (χ0n) is 9.49. The largest absolute Gasteiger partial charge is 0.493 e. The van der Waals surface area contributed by atoms with E-state index >= 15 is 0 Å². The summed E-state index contributed by atoms with van der Waals surface area (Å²) in [5, 5.41) is 1.96. The van der Waals surface area contributed by atoms with Crippen LogP contribution in [0.1, 0.15) is 24.2 Å². The summed E-state index contributed by atoms with van der Waals surface area (Å²) in [4.78, 5) is 11.5. The Hall–Kier alpha value is -1.83. The molecule has 0 bridgehead atoms. The van der Waals surface area contributed by atoms with Crippen LogP contribution in [0.15, 0.2) is 36.4 Å². The lowest BCUT2D eigenvalue weighted by Crippen LogP contribution is -1.97. The maximum atomic E-state index is 11.5. The lowest BCUT2D eigenvalue weighted by atomic mass is 10.0. The molecular weight excluding hydrogens is 200 g/mol. The average Bonchev–Trinajstić information content (AvgIpc) is 2.29. The average molecular weight is 214 g/mol.